The lowest BCUT2D eigenvalue weighted by Crippen LogP contribution is -2.48. The monoisotopic (exact) mass is 259 g/mol. The highest BCUT2D eigenvalue weighted by molar-refractivity contribution is 5.77. The molecule has 0 aromatic heterocycles. The zero-order valence-corrected chi connectivity index (χ0v) is 11.3. The van der Waals surface area contributed by atoms with Gasteiger partial charge in [-0.3, -0.25) is 4.79 Å². The minimum Gasteiger partial charge on any atom is -0.455 e. The van der Waals surface area contributed by atoms with Crippen molar-refractivity contribution in [3.05, 3.63) is 0 Å². The first-order chi connectivity index (χ1) is 8.43. The van der Waals surface area contributed by atoms with E-state index in [4.69, 9.17) is 4.74 Å². The number of cyclic esters (lactones) is 2. The first kappa shape index (κ1) is 14.8. The summed E-state index contributed by atoms with van der Waals surface area (Å²) in [5.74, 6) is -0.307. The highest BCUT2D eigenvalue weighted by Crippen LogP contribution is 2.28. The Bertz CT molecular complexity index is 310. The lowest BCUT2D eigenvalue weighted by atomic mass is 9.80. The van der Waals surface area contributed by atoms with Crippen LogP contribution in [0.25, 0.3) is 0 Å². The summed E-state index contributed by atoms with van der Waals surface area (Å²) in [4.78, 5) is 22.9. The quantitative estimate of drug-likeness (QED) is 0.745. The van der Waals surface area contributed by atoms with E-state index in [0.29, 0.717) is 6.42 Å². The van der Waals surface area contributed by atoms with Gasteiger partial charge in [0.05, 0.1) is 5.41 Å². The van der Waals surface area contributed by atoms with E-state index in [2.05, 4.69) is 14.8 Å². The summed E-state index contributed by atoms with van der Waals surface area (Å²) in [6.45, 7) is 5.83. The molecule has 6 nitrogen and oxygen atoms in total. The number of nitrogens with one attached hydrogen (secondary N) is 1. The molecule has 1 saturated heterocycles. The van der Waals surface area contributed by atoms with Crippen LogP contribution in [0.5, 0.6) is 0 Å². The van der Waals surface area contributed by atoms with Crippen molar-refractivity contribution in [1.82, 2.24) is 5.32 Å². The fourth-order valence-corrected chi connectivity index (χ4v) is 1.71. The van der Waals surface area contributed by atoms with E-state index < -0.39 is 17.7 Å². The van der Waals surface area contributed by atoms with Gasteiger partial charge in [0, 0.05) is 6.04 Å². The van der Waals surface area contributed by atoms with E-state index in [9.17, 15) is 9.59 Å². The Balaban J connectivity index is 2.60. The smallest absolute Gasteiger partial charge is 0.455 e. The molecule has 0 saturated carbocycles. The standard InChI is InChI=1S/C12H21NO5/c1-5-12(3,8(2)13-4)10(14)18-9-6-16-11(15)17-7-9/h8-9,13H,5-7H2,1-4H3. The third-order valence-corrected chi connectivity index (χ3v) is 3.64. The van der Waals surface area contributed by atoms with E-state index in [1.807, 2.05) is 20.8 Å². The number of hydrogen-bond acceptors (Lipinski definition) is 6. The predicted molar refractivity (Wildman–Crippen MR) is 64.1 cm³/mol. The molecule has 1 rings (SSSR count). The Kier molecular flexibility index (Phi) is 4.95. The molecular weight excluding hydrogens is 238 g/mol. The molecule has 1 heterocycles. The summed E-state index contributed by atoms with van der Waals surface area (Å²) in [6, 6.07) is -0.0120. The van der Waals surface area contributed by atoms with Crippen molar-refractivity contribution >= 4 is 12.1 Å². The van der Waals surface area contributed by atoms with Crippen LogP contribution in [0.1, 0.15) is 27.2 Å². The summed E-state index contributed by atoms with van der Waals surface area (Å²) >= 11 is 0. The molecule has 18 heavy (non-hydrogen) atoms. The molecule has 0 radical (unpaired) electrons. The topological polar surface area (TPSA) is 73.9 Å². The second kappa shape index (κ2) is 6.04. The van der Waals surface area contributed by atoms with Crippen LogP contribution in [-0.2, 0) is 19.0 Å². The third-order valence-electron chi connectivity index (χ3n) is 3.64. The lowest BCUT2D eigenvalue weighted by molar-refractivity contribution is -0.171. The highest BCUT2D eigenvalue weighted by Gasteiger charge is 2.40. The maximum atomic E-state index is 12.2. The summed E-state index contributed by atoms with van der Waals surface area (Å²) in [5.41, 5.74) is -0.615. The average molecular weight is 259 g/mol. The van der Waals surface area contributed by atoms with E-state index in [0.717, 1.165) is 0 Å². The van der Waals surface area contributed by atoms with E-state index in [1.165, 1.54) is 0 Å². The summed E-state index contributed by atoms with van der Waals surface area (Å²) in [5, 5.41) is 3.06. The molecule has 1 N–H and O–H groups in total. The van der Waals surface area contributed by atoms with Crippen LogP contribution in [0.15, 0.2) is 0 Å². The largest absolute Gasteiger partial charge is 0.508 e. The molecule has 6 heteroatoms. The molecule has 0 aliphatic carbocycles. The first-order valence-corrected chi connectivity index (χ1v) is 6.12. The molecule has 0 aromatic carbocycles. The van der Waals surface area contributed by atoms with Crippen molar-refractivity contribution < 1.29 is 23.8 Å². The van der Waals surface area contributed by atoms with Crippen molar-refractivity contribution in [2.24, 2.45) is 5.41 Å². The molecule has 0 bridgehead atoms. The number of carbonyl (C=O) groups is 2. The van der Waals surface area contributed by atoms with Gasteiger partial charge < -0.3 is 19.5 Å². The summed E-state index contributed by atoms with van der Waals surface area (Å²) in [6.07, 6.45) is -0.587. The Morgan fingerprint density at radius 2 is 2.11 bits per heavy atom. The van der Waals surface area contributed by atoms with E-state index in [-0.39, 0.29) is 25.2 Å². The van der Waals surface area contributed by atoms with Gasteiger partial charge in [-0.15, -0.1) is 0 Å². The SMILES string of the molecule is CCC(C)(C(=O)OC1COC(=O)OC1)C(C)NC. The van der Waals surface area contributed by atoms with Gasteiger partial charge in [0.25, 0.3) is 0 Å². The van der Waals surface area contributed by atoms with Crippen LogP contribution >= 0.6 is 0 Å². The minimum atomic E-state index is -0.718. The fraction of sp³-hybridized carbons (Fsp3) is 0.833. The molecule has 1 aliphatic rings. The van der Waals surface area contributed by atoms with Crippen LogP contribution in [0, 0.1) is 5.41 Å². The summed E-state index contributed by atoms with van der Waals surface area (Å²) < 4.78 is 14.7. The van der Waals surface area contributed by atoms with Gasteiger partial charge in [-0.2, -0.15) is 0 Å². The molecule has 2 atom stereocenters. The molecule has 104 valence electrons. The second-order valence-corrected chi connectivity index (χ2v) is 4.68. The van der Waals surface area contributed by atoms with Crippen molar-refractivity contribution in [2.45, 2.75) is 39.3 Å². The zero-order chi connectivity index (χ0) is 13.8. The van der Waals surface area contributed by atoms with Crippen LogP contribution in [-0.4, -0.2) is 44.5 Å². The van der Waals surface area contributed by atoms with Gasteiger partial charge in [-0.05, 0) is 27.3 Å². The van der Waals surface area contributed by atoms with Crippen LogP contribution in [0.4, 0.5) is 4.79 Å². The minimum absolute atomic E-state index is 0.0120. The van der Waals surface area contributed by atoms with Crippen molar-refractivity contribution in [3.8, 4) is 0 Å². The Labute approximate surface area is 107 Å². The number of ether oxygens (including phenoxy) is 3. The van der Waals surface area contributed by atoms with Gasteiger partial charge in [-0.25, -0.2) is 4.79 Å². The maximum Gasteiger partial charge on any atom is 0.508 e. The van der Waals surface area contributed by atoms with Crippen molar-refractivity contribution in [3.63, 3.8) is 0 Å². The fourth-order valence-electron chi connectivity index (χ4n) is 1.71. The van der Waals surface area contributed by atoms with Crippen molar-refractivity contribution in [1.29, 1.82) is 0 Å². The maximum absolute atomic E-state index is 12.2. The Morgan fingerprint density at radius 1 is 1.56 bits per heavy atom. The van der Waals surface area contributed by atoms with Crippen LogP contribution < -0.4 is 5.32 Å². The highest BCUT2D eigenvalue weighted by atomic mass is 16.7. The normalized spacial score (nSPS) is 21.4. The van der Waals surface area contributed by atoms with Gasteiger partial charge in [0.2, 0.25) is 0 Å². The molecule has 2 unspecified atom stereocenters. The molecule has 0 amide bonds. The molecule has 1 aliphatic heterocycles. The molecule has 0 aromatic rings. The molecule has 1 fully saturated rings. The van der Waals surface area contributed by atoms with E-state index >= 15 is 0 Å². The lowest BCUT2D eigenvalue weighted by Gasteiger charge is -2.34. The number of hydrogen-bond donors (Lipinski definition) is 1. The molecular formula is C12H21NO5. The van der Waals surface area contributed by atoms with Crippen molar-refractivity contribution in [2.75, 3.05) is 20.3 Å². The van der Waals surface area contributed by atoms with Crippen LogP contribution in [0.3, 0.4) is 0 Å². The molecule has 0 spiro atoms. The second-order valence-electron chi connectivity index (χ2n) is 4.68. The first-order valence-electron chi connectivity index (χ1n) is 6.12. The van der Waals surface area contributed by atoms with Gasteiger partial charge in [0.1, 0.15) is 13.2 Å². The third kappa shape index (κ3) is 3.13. The number of rotatable bonds is 5. The Morgan fingerprint density at radius 3 is 2.56 bits per heavy atom. The van der Waals surface area contributed by atoms with Gasteiger partial charge in [0.15, 0.2) is 6.10 Å². The van der Waals surface area contributed by atoms with Gasteiger partial charge in [-0.1, -0.05) is 6.92 Å². The number of esters is 1. The van der Waals surface area contributed by atoms with Crippen LogP contribution in [0.2, 0.25) is 0 Å². The van der Waals surface area contributed by atoms with Gasteiger partial charge >= 0.3 is 12.1 Å². The zero-order valence-electron chi connectivity index (χ0n) is 11.3. The number of carbonyl (C=O) groups excluding carboxylic acids is 2. The summed E-state index contributed by atoms with van der Waals surface area (Å²) in [7, 11) is 1.80. The predicted octanol–water partition coefficient (Wildman–Crippen LogP) is 1.09. The van der Waals surface area contributed by atoms with E-state index in [1.54, 1.807) is 7.05 Å². The average Bonchev–Trinajstić information content (AvgIpc) is 2.39. The Hall–Kier alpha value is -1.30.